The first-order chi connectivity index (χ1) is 12.1. The number of nitrogens with one attached hydrogen (secondary N) is 2. The van der Waals surface area contributed by atoms with Crippen molar-refractivity contribution in [2.24, 2.45) is 0 Å². The largest absolute Gasteiger partial charge is 0.381 e. The molecule has 4 nitrogen and oxygen atoms in total. The number of para-hydroxylation sites is 1. The van der Waals surface area contributed by atoms with Crippen molar-refractivity contribution in [1.82, 2.24) is 4.98 Å². The molecule has 0 radical (unpaired) electrons. The maximum absolute atomic E-state index is 12.4. The van der Waals surface area contributed by atoms with Crippen LogP contribution < -0.4 is 10.6 Å². The predicted molar refractivity (Wildman–Crippen MR) is 102 cm³/mol. The Morgan fingerprint density at radius 2 is 1.68 bits per heavy atom. The van der Waals surface area contributed by atoms with Crippen molar-refractivity contribution in [2.45, 2.75) is 20.4 Å². The molecule has 0 unspecified atom stereocenters. The average molecular weight is 331 g/mol. The van der Waals surface area contributed by atoms with E-state index in [4.69, 9.17) is 0 Å². The number of carbonyl (C=O) groups is 1. The normalized spacial score (nSPS) is 10.3. The molecule has 1 aromatic heterocycles. The molecule has 0 atom stereocenters. The zero-order valence-corrected chi connectivity index (χ0v) is 14.4. The zero-order valence-electron chi connectivity index (χ0n) is 14.4. The number of pyridine rings is 1. The lowest BCUT2D eigenvalue weighted by atomic mass is 10.1. The fraction of sp³-hybridized carbons (Fsp3) is 0.143. The van der Waals surface area contributed by atoms with Gasteiger partial charge in [-0.1, -0.05) is 42.5 Å². The first-order valence-electron chi connectivity index (χ1n) is 8.25. The average Bonchev–Trinajstić information content (AvgIpc) is 2.63. The Bertz CT molecular complexity index is 890. The highest BCUT2D eigenvalue weighted by Gasteiger charge is 2.09. The summed E-state index contributed by atoms with van der Waals surface area (Å²) in [5, 5.41) is 6.26. The van der Waals surface area contributed by atoms with Gasteiger partial charge in [-0.2, -0.15) is 0 Å². The number of aromatic nitrogens is 1. The monoisotopic (exact) mass is 331 g/mol. The van der Waals surface area contributed by atoms with Crippen molar-refractivity contribution >= 4 is 17.3 Å². The van der Waals surface area contributed by atoms with E-state index in [9.17, 15) is 4.79 Å². The summed E-state index contributed by atoms with van der Waals surface area (Å²) in [5.41, 5.74) is 5.54. The molecule has 0 saturated carbocycles. The van der Waals surface area contributed by atoms with Crippen LogP contribution in [0, 0.1) is 13.8 Å². The van der Waals surface area contributed by atoms with E-state index in [2.05, 4.69) is 34.7 Å². The van der Waals surface area contributed by atoms with Crippen LogP contribution in [0.1, 0.15) is 27.2 Å². The second-order valence-corrected chi connectivity index (χ2v) is 5.98. The third-order valence-corrected chi connectivity index (χ3v) is 4.13. The highest BCUT2D eigenvalue weighted by Crippen LogP contribution is 2.16. The second kappa shape index (κ2) is 7.62. The molecule has 1 amide bonds. The highest BCUT2D eigenvalue weighted by atomic mass is 16.1. The Morgan fingerprint density at radius 3 is 2.44 bits per heavy atom. The van der Waals surface area contributed by atoms with E-state index >= 15 is 0 Å². The van der Waals surface area contributed by atoms with Crippen LogP contribution in [-0.4, -0.2) is 10.9 Å². The number of nitrogens with zero attached hydrogens (tertiary/aromatic N) is 1. The van der Waals surface area contributed by atoms with Gasteiger partial charge >= 0.3 is 0 Å². The summed E-state index contributed by atoms with van der Waals surface area (Å²) in [5.74, 6) is -0.214. The Morgan fingerprint density at radius 1 is 0.960 bits per heavy atom. The van der Waals surface area contributed by atoms with E-state index in [-0.39, 0.29) is 5.91 Å². The molecule has 0 aliphatic carbocycles. The molecule has 0 aliphatic rings. The molecule has 2 N–H and O–H groups in total. The number of benzene rings is 2. The Kier molecular flexibility index (Phi) is 5.09. The number of rotatable bonds is 5. The van der Waals surface area contributed by atoms with Gasteiger partial charge in [-0.25, -0.2) is 0 Å². The lowest BCUT2D eigenvalue weighted by molar-refractivity contribution is 0.102. The maximum atomic E-state index is 12.4. The van der Waals surface area contributed by atoms with Gasteiger partial charge in [0.25, 0.3) is 5.91 Å². The smallest absolute Gasteiger partial charge is 0.274 e. The van der Waals surface area contributed by atoms with Gasteiger partial charge in [-0.3, -0.25) is 9.78 Å². The van der Waals surface area contributed by atoms with Gasteiger partial charge in [0, 0.05) is 24.1 Å². The van der Waals surface area contributed by atoms with Crippen LogP contribution in [0.2, 0.25) is 0 Å². The molecule has 2 aromatic carbocycles. The van der Waals surface area contributed by atoms with E-state index in [1.165, 1.54) is 11.1 Å². The minimum absolute atomic E-state index is 0.214. The number of anilines is 2. The third-order valence-electron chi connectivity index (χ3n) is 4.13. The minimum atomic E-state index is -0.214. The van der Waals surface area contributed by atoms with Crippen LogP contribution in [0.15, 0.2) is 66.9 Å². The molecule has 126 valence electrons. The lowest BCUT2D eigenvalue weighted by Gasteiger charge is -2.11. The standard InChI is InChI=1S/C21H21N3O/c1-15-7-3-5-9-17(15)14-23-18-11-12-22-20(13-18)21(25)24-19-10-6-4-8-16(19)2/h3-13H,14H2,1-2H3,(H,22,23)(H,24,25). The molecule has 0 bridgehead atoms. The first-order valence-corrected chi connectivity index (χ1v) is 8.25. The van der Waals surface area contributed by atoms with Crippen molar-refractivity contribution in [1.29, 1.82) is 0 Å². The SMILES string of the molecule is Cc1ccccc1CNc1ccnc(C(=O)Nc2ccccc2C)c1. The van der Waals surface area contributed by atoms with Crippen molar-refractivity contribution in [3.8, 4) is 0 Å². The van der Waals surface area contributed by atoms with Gasteiger partial charge in [-0.15, -0.1) is 0 Å². The van der Waals surface area contributed by atoms with Gasteiger partial charge in [0.1, 0.15) is 5.69 Å². The number of hydrogen-bond donors (Lipinski definition) is 2. The fourth-order valence-electron chi connectivity index (χ4n) is 2.57. The number of hydrogen-bond acceptors (Lipinski definition) is 3. The van der Waals surface area contributed by atoms with Crippen LogP contribution in [0.25, 0.3) is 0 Å². The molecular formula is C21H21N3O. The van der Waals surface area contributed by atoms with E-state index in [1.54, 1.807) is 12.3 Å². The lowest BCUT2D eigenvalue weighted by Crippen LogP contribution is -2.14. The summed E-state index contributed by atoms with van der Waals surface area (Å²) in [6.45, 7) is 4.75. The van der Waals surface area contributed by atoms with E-state index in [0.717, 1.165) is 16.9 Å². The summed E-state index contributed by atoms with van der Waals surface area (Å²) < 4.78 is 0. The molecule has 4 heteroatoms. The maximum Gasteiger partial charge on any atom is 0.274 e. The summed E-state index contributed by atoms with van der Waals surface area (Å²) in [4.78, 5) is 16.6. The topological polar surface area (TPSA) is 54.0 Å². The summed E-state index contributed by atoms with van der Waals surface area (Å²) in [6, 6.07) is 19.6. The quantitative estimate of drug-likeness (QED) is 0.720. The molecular weight excluding hydrogens is 310 g/mol. The number of carbonyl (C=O) groups excluding carboxylic acids is 1. The van der Waals surface area contributed by atoms with Crippen LogP contribution >= 0.6 is 0 Å². The number of amides is 1. The molecule has 0 fully saturated rings. The van der Waals surface area contributed by atoms with Crippen molar-refractivity contribution < 1.29 is 4.79 Å². The number of aryl methyl sites for hydroxylation is 2. The van der Waals surface area contributed by atoms with E-state index in [1.807, 2.05) is 49.4 Å². The van der Waals surface area contributed by atoms with Gasteiger partial charge < -0.3 is 10.6 Å². The molecule has 25 heavy (non-hydrogen) atoms. The summed E-state index contributed by atoms with van der Waals surface area (Å²) in [6.07, 6.45) is 1.65. The molecule has 3 aromatic rings. The van der Waals surface area contributed by atoms with Gasteiger partial charge in [0.15, 0.2) is 0 Å². The van der Waals surface area contributed by atoms with Crippen molar-refractivity contribution in [3.05, 3.63) is 89.2 Å². The summed E-state index contributed by atoms with van der Waals surface area (Å²) in [7, 11) is 0. The van der Waals surface area contributed by atoms with Crippen LogP contribution in [0.5, 0.6) is 0 Å². The molecule has 0 spiro atoms. The minimum Gasteiger partial charge on any atom is -0.381 e. The molecule has 0 saturated heterocycles. The Hall–Kier alpha value is -3.14. The van der Waals surface area contributed by atoms with Crippen LogP contribution in [0.4, 0.5) is 11.4 Å². The van der Waals surface area contributed by atoms with E-state index in [0.29, 0.717) is 12.2 Å². The van der Waals surface area contributed by atoms with Gasteiger partial charge in [-0.05, 0) is 48.7 Å². The Labute approximate surface area is 147 Å². The zero-order chi connectivity index (χ0) is 17.6. The fourth-order valence-corrected chi connectivity index (χ4v) is 2.57. The summed E-state index contributed by atoms with van der Waals surface area (Å²) >= 11 is 0. The first kappa shape index (κ1) is 16.7. The van der Waals surface area contributed by atoms with Crippen LogP contribution in [-0.2, 0) is 6.54 Å². The molecule has 0 aliphatic heterocycles. The van der Waals surface area contributed by atoms with Gasteiger partial charge in [0.05, 0.1) is 0 Å². The van der Waals surface area contributed by atoms with E-state index < -0.39 is 0 Å². The van der Waals surface area contributed by atoms with Crippen LogP contribution in [0.3, 0.4) is 0 Å². The highest BCUT2D eigenvalue weighted by molar-refractivity contribution is 6.03. The predicted octanol–water partition coefficient (Wildman–Crippen LogP) is 4.56. The molecule has 1 heterocycles. The Balaban J connectivity index is 1.70. The third kappa shape index (κ3) is 4.23. The van der Waals surface area contributed by atoms with Crippen molar-refractivity contribution in [3.63, 3.8) is 0 Å². The molecule has 3 rings (SSSR count). The van der Waals surface area contributed by atoms with Gasteiger partial charge in [0.2, 0.25) is 0 Å². The van der Waals surface area contributed by atoms with Crippen molar-refractivity contribution in [2.75, 3.05) is 10.6 Å². The second-order valence-electron chi connectivity index (χ2n) is 5.98.